The van der Waals surface area contributed by atoms with Crippen LogP contribution in [0.5, 0.6) is 0 Å². The number of rotatable bonds is 5. The van der Waals surface area contributed by atoms with Crippen molar-refractivity contribution >= 4 is 15.5 Å². The van der Waals surface area contributed by atoms with Gasteiger partial charge in [0, 0.05) is 50.4 Å². The lowest BCUT2D eigenvalue weighted by atomic mass is 9.98. The Morgan fingerprint density at radius 3 is 2.47 bits per heavy atom. The van der Waals surface area contributed by atoms with E-state index in [-0.39, 0.29) is 6.04 Å². The van der Waals surface area contributed by atoms with Crippen molar-refractivity contribution in [1.82, 2.24) is 9.88 Å². The molecule has 0 N–H and O–H groups in total. The maximum absolute atomic E-state index is 12.7. The van der Waals surface area contributed by atoms with E-state index in [4.69, 9.17) is 0 Å². The summed E-state index contributed by atoms with van der Waals surface area (Å²) in [6.07, 6.45) is -1.95. The smallest absolute Gasteiger partial charge is 0.369 e. The van der Waals surface area contributed by atoms with E-state index in [1.165, 1.54) is 18.5 Å². The standard InChI is InChI=1S/C21H26F3N3O2S/c1-15(2)19-14-26(17-5-4-6-18(11-17)30(3,28)29)9-10-27(19)13-16-7-8-20(25-12-16)21(22,23)24/h4-8,11-12,15,19H,9-10,13-14H2,1-3H3/t19-/m1/s1. The molecular formula is C21H26F3N3O2S. The first kappa shape index (κ1) is 22.6. The molecule has 0 saturated carbocycles. The normalized spacial score (nSPS) is 18.8. The van der Waals surface area contributed by atoms with Gasteiger partial charge >= 0.3 is 6.18 Å². The fraction of sp³-hybridized carbons (Fsp3) is 0.476. The lowest BCUT2D eigenvalue weighted by molar-refractivity contribution is -0.141. The quantitative estimate of drug-likeness (QED) is 0.706. The van der Waals surface area contributed by atoms with Crippen molar-refractivity contribution in [2.75, 3.05) is 30.8 Å². The summed E-state index contributed by atoms with van der Waals surface area (Å²) >= 11 is 0. The van der Waals surface area contributed by atoms with Crippen LogP contribution in [0.2, 0.25) is 0 Å². The van der Waals surface area contributed by atoms with Gasteiger partial charge in [-0.15, -0.1) is 0 Å². The van der Waals surface area contributed by atoms with E-state index in [2.05, 4.69) is 28.6 Å². The molecule has 1 fully saturated rings. The molecule has 2 aromatic rings. The lowest BCUT2D eigenvalue weighted by Gasteiger charge is -2.44. The zero-order valence-electron chi connectivity index (χ0n) is 17.2. The molecule has 1 saturated heterocycles. The van der Waals surface area contributed by atoms with Gasteiger partial charge in [-0.05, 0) is 35.7 Å². The van der Waals surface area contributed by atoms with Crippen molar-refractivity contribution in [2.24, 2.45) is 5.92 Å². The van der Waals surface area contributed by atoms with Crippen LogP contribution in [-0.4, -0.2) is 50.2 Å². The van der Waals surface area contributed by atoms with Crippen molar-refractivity contribution in [3.63, 3.8) is 0 Å². The molecule has 0 bridgehead atoms. The molecule has 0 aliphatic carbocycles. The molecule has 1 atom stereocenters. The molecule has 1 aliphatic heterocycles. The SMILES string of the molecule is CC(C)[C@H]1CN(c2cccc(S(C)(=O)=O)c2)CCN1Cc1ccc(C(F)(F)F)nc1. The van der Waals surface area contributed by atoms with Gasteiger partial charge in [-0.2, -0.15) is 13.2 Å². The number of benzene rings is 1. The highest BCUT2D eigenvalue weighted by Crippen LogP contribution is 2.29. The van der Waals surface area contributed by atoms with Gasteiger partial charge < -0.3 is 4.90 Å². The van der Waals surface area contributed by atoms with Crippen molar-refractivity contribution in [2.45, 2.75) is 37.5 Å². The first-order valence-electron chi connectivity index (χ1n) is 9.76. The fourth-order valence-electron chi connectivity index (χ4n) is 3.74. The van der Waals surface area contributed by atoms with Crippen LogP contribution in [0.3, 0.4) is 0 Å². The molecule has 30 heavy (non-hydrogen) atoms. The number of hydrogen-bond acceptors (Lipinski definition) is 5. The Morgan fingerprint density at radius 2 is 1.90 bits per heavy atom. The van der Waals surface area contributed by atoms with Crippen LogP contribution >= 0.6 is 0 Å². The zero-order valence-corrected chi connectivity index (χ0v) is 18.0. The minimum Gasteiger partial charge on any atom is -0.369 e. The molecule has 1 aliphatic rings. The minimum absolute atomic E-state index is 0.169. The topological polar surface area (TPSA) is 53.5 Å². The Morgan fingerprint density at radius 1 is 1.17 bits per heavy atom. The molecule has 0 spiro atoms. The highest BCUT2D eigenvalue weighted by Gasteiger charge is 2.33. The number of pyridine rings is 1. The second-order valence-corrected chi connectivity index (χ2v) is 10.1. The molecule has 9 heteroatoms. The summed E-state index contributed by atoms with van der Waals surface area (Å²) in [6, 6.07) is 9.61. The molecule has 1 aromatic heterocycles. The van der Waals surface area contributed by atoms with Gasteiger partial charge in [-0.3, -0.25) is 9.88 Å². The van der Waals surface area contributed by atoms with E-state index in [9.17, 15) is 21.6 Å². The van der Waals surface area contributed by atoms with Crippen molar-refractivity contribution in [1.29, 1.82) is 0 Å². The third-order valence-electron chi connectivity index (χ3n) is 5.41. The number of piperazine rings is 1. The molecule has 0 radical (unpaired) electrons. The average molecular weight is 442 g/mol. The van der Waals surface area contributed by atoms with E-state index < -0.39 is 21.7 Å². The minimum atomic E-state index is -4.44. The maximum Gasteiger partial charge on any atom is 0.433 e. The molecule has 1 aromatic carbocycles. The number of anilines is 1. The van der Waals surface area contributed by atoms with Crippen LogP contribution in [-0.2, 0) is 22.6 Å². The van der Waals surface area contributed by atoms with Crippen LogP contribution in [0.1, 0.15) is 25.1 Å². The lowest BCUT2D eigenvalue weighted by Crippen LogP contribution is -2.54. The van der Waals surface area contributed by atoms with Crippen LogP contribution in [0, 0.1) is 5.92 Å². The maximum atomic E-state index is 12.7. The third kappa shape index (κ3) is 5.31. The van der Waals surface area contributed by atoms with Crippen molar-refractivity contribution in [3.8, 4) is 0 Å². The molecule has 0 unspecified atom stereocenters. The summed E-state index contributed by atoms with van der Waals surface area (Å²) in [6.45, 7) is 6.86. The average Bonchev–Trinajstić information content (AvgIpc) is 2.67. The Bertz CT molecular complexity index is 976. The number of hydrogen-bond donors (Lipinski definition) is 0. The zero-order chi connectivity index (χ0) is 22.1. The molecule has 0 amide bonds. The number of sulfone groups is 1. The van der Waals surface area contributed by atoms with Gasteiger partial charge in [0.1, 0.15) is 5.69 Å². The van der Waals surface area contributed by atoms with Crippen molar-refractivity contribution in [3.05, 3.63) is 53.9 Å². The van der Waals surface area contributed by atoms with Crippen LogP contribution in [0.15, 0.2) is 47.5 Å². The van der Waals surface area contributed by atoms with Crippen LogP contribution < -0.4 is 4.90 Å². The third-order valence-corrected chi connectivity index (χ3v) is 6.53. The summed E-state index contributed by atoms with van der Waals surface area (Å²) in [4.78, 5) is 8.28. The predicted molar refractivity (Wildman–Crippen MR) is 110 cm³/mol. The first-order chi connectivity index (χ1) is 13.9. The number of alkyl halides is 3. The molecule has 164 valence electrons. The van der Waals surface area contributed by atoms with Gasteiger partial charge in [0.05, 0.1) is 4.90 Å². The summed E-state index contributed by atoms with van der Waals surface area (Å²) in [5.74, 6) is 0.313. The Balaban J connectivity index is 1.75. The summed E-state index contributed by atoms with van der Waals surface area (Å²) in [7, 11) is -3.28. The Kier molecular flexibility index (Phi) is 6.43. The van der Waals surface area contributed by atoms with Gasteiger partial charge in [-0.25, -0.2) is 8.42 Å². The van der Waals surface area contributed by atoms with Gasteiger partial charge in [0.15, 0.2) is 9.84 Å². The second kappa shape index (κ2) is 8.55. The Hall–Kier alpha value is -2.13. The monoisotopic (exact) mass is 441 g/mol. The first-order valence-corrected chi connectivity index (χ1v) is 11.7. The van der Waals surface area contributed by atoms with Crippen molar-refractivity contribution < 1.29 is 21.6 Å². The molecular weight excluding hydrogens is 415 g/mol. The van der Waals surface area contributed by atoms with E-state index in [0.29, 0.717) is 37.0 Å². The van der Waals surface area contributed by atoms with Gasteiger partial charge in [0.25, 0.3) is 0 Å². The Labute approximate surface area is 175 Å². The summed E-state index contributed by atoms with van der Waals surface area (Å²) < 4.78 is 62.0. The van der Waals surface area contributed by atoms with E-state index in [0.717, 1.165) is 17.3 Å². The molecule has 3 rings (SSSR count). The second-order valence-electron chi connectivity index (χ2n) is 8.05. The van der Waals surface area contributed by atoms with Crippen LogP contribution in [0.4, 0.5) is 18.9 Å². The summed E-state index contributed by atoms with van der Waals surface area (Å²) in [5, 5.41) is 0. The number of nitrogens with zero attached hydrogens (tertiary/aromatic N) is 3. The van der Waals surface area contributed by atoms with Gasteiger partial charge in [0.2, 0.25) is 0 Å². The highest BCUT2D eigenvalue weighted by molar-refractivity contribution is 7.90. The van der Waals surface area contributed by atoms with Crippen LogP contribution in [0.25, 0.3) is 0 Å². The van der Waals surface area contributed by atoms with E-state index in [1.54, 1.807) is 18.2 Å². The highest BCUT2D eigenvalue weighted by atomic mass is 32.2. The largest absolute Gasteiger partial charge is 0.433 e. The number of halogens is 3. The summed E-state index contributed by atoms with van der Waals surface area (Å²) in [5.41, 5.74) is 0.711. The molecule has 5 nitrogen and oxygen atoms in total. The number of aromatic nitrogens is 1. The fourth-order valence-corrected chi connectivity index (χ4v) is 4.40. The van der Waals surface area contributed by atoms with Gasteiger partial charge in [-0.1, -0.05) is 26.0 Å². The predicted octanol–water partition coefficient (Wildman–Crippen LogP) is 3.85. The van der Waals surface area contributed by atoms with E-state index in [1.807, 2.05) is 6.07 Å². The molecule has 2 heterocycles. The van der Waals surface area contributed by atoms with E-state index >= 15 is 0 Å².